The van der Waals surface area contributed by atoms with Crippen molar-refractivity contribution in [2.45, 2.75) is 9.10 Å². The highest BCUT2D eigenvalue weighted by Gasteiger charge is 2.23. The number of hydrogen-bond acceptors (Lipinski definition) is 6. The number of sulfonamides is 2. The molecule has 14 heteroatoms. The molecular formula is C16H10Cl4N2O5S3. The van der Waals surface area contributed by atoms with E-state index in [9.17, 15) is 21.9 Å². The molecule has 7 nitrogen and oxygen atoms in total. The van der Waals surface area contributed by atoms with Crippen molar-refractivity contribution in [1.82, 2.24) is 0 Å². The molecule has 0 spiro atoms. The van der Waals surface area contributed by atoms with Crippen LogP contribution in [0.5, 0.6) is 5.75 Å². The summed E-state index contributed by atoms with van der Waals surface area (Å²) in [5.41, 5.74) is -0.345. The molecule has 3 N–H and O–H groups in total. The van der Waals surface area contributed by atoms with Gasteiger partial charge in [0.15, 0.2) is 5.75 Å². The van der Waals surface area contributed by atoms with Crippen molar-refractivity contribution >= 4 is 89.2 Å². The van der Waals surface area contributed by atoms with Gasteiger partial charge in [-0.1, -0.05) is 52.5 Å². The van der Waals surface area contributed by atoms with Gasteiger partial charge in [0, 0.05) is 0 Å². The van der Waals surface area contributed by atoms with Crippen LogP contribution in [0.25, 0.3) is 0 Å². The van der Waals surface area contributed by atoms with E-state index in [0.717, 1.165) is 29.5 Å². The molecule has 3 rings (SSSR count). The van der Waals surface area contributed by atoms with Gasteiger partial charge < -0.3 is 5.11 Å². The molecule has 0 radical (unpaired) electrons. The lowest BCUT2D eigenvalue weighted by atomic mass is 10.3. The van der Waals surface area contributed by atoms with Gasteiger partial charge in [0.25, 0.3) is 20.0 Å². The van der Waals surface area contributed by atoms with E-state index < -0.39 is 25.8 Å². The van der Waals surface area contributed by atoms with E-state index in [1.54, 1.807) is 11.4 Å². The minimum atomic E-state index is -4.30. The smallest absolute Gasteiger partial charge is 0.271 e. The van der Waals surface area contributed by atoms with Gasteiger partial charge in [-0.15, -0.1) is 11.3 Å². The Hall–Kier alpha value is -1.40. The zero-order chi connectivity index (χ0) is 22.3. The molecule has 0 saturated carbocycles. The average molecular weight is 548 g/mol. The Morgan fingerprint density at radius 1 is 0.767 bits per heavy atom. The molecule has 0 aliphatic carbocycles. The Morgan fingerprint density at radius 3 is 1.73 bits per heavy atom. The molecule has 0 unspecified atom stereocenters. The topological polar surface area (TPSA) is 113 Å². The van der Waals surface area contributed by atoms with Crippen LogP contribution in [0.1, 0.15) is 0 Å². The number of anilines is 2. The van der Waals surface area contributed by atoms with Gasteiger partial charge in [-0.2, -0.15) is 0 Å². The summed E-state index contributed by atoms with van der Waals surface area (Å²) in [7, 11) is -8.31. The minimum Gasteiger partial charge on any atom is -0.505 e. The highest BCUT2D eigenvalue weighted by Crippen LogP contribution is 2.38. The van der Waals surface area contributed by atoms with Gasteiger partial charge in [0.2, 0.25) is 0 Å². The van der Waals surface area contributed by atoms with Crippen molar-refractivity contribution in [3.05, 3.63) is 61.9 Å². The Kier molecular flexibility index (Phi) is 6.68. The molecular weight excluding hydrogens is 538 g/mol. The van der Waals surface area contributed by atoms with Gasteiger partial charge in [-0.05, 0) is 35.7 Å². The lowest BCUT2D eigenvalue weighted by Gasteiger charge is -2.16. The van der Waals surface area contributed by atoms with Crippen molar-refractivity contribution in [2.75, 3.05) is 9.44 Å². The first-order chi connectivity index (χ1) is 13.9. The number of thiophene rings is 1. The molecule has 1 heterocycles. The highest BCUT2D eigenvalue weighted by molar-refractivity contribution is 7.94. The maximum Gasteiger partial charge on any atom is 0.271 e. The van der Waals surface area contributed by atoms with Crippen molar-refractivity contribution in [1.29, 1.82) is 0 Å². The molecule has 0 bridgehead atoms. The Bertz CT molecular complexity index is 1300. The molecule has 0 aliphatic rings. The molecule has 30 heavy (non-hydrogen) atoms. The summed E-state index contributed by atoms with van der Waals surface area (Å²) in [4.78, 5) is -0.367. The van der Waals surface area contributed by atoms with Crippen LogP contribution in [-0.4, -0.2) is 21.9 Å². The summed E-state index contributed by atoms with van der Waals surface area (Å²) >= 11 is 24.5. The number of halogens is 4. The van der Waals surface area contributed by atoms with Gasteiger partial charge >= 0.3 is 0 Å². The second kappa shape index (κ2) is 8.62. The maximum absolute atomic E-state index is 12.8. The summed E-state index contributed by atoms with van der Waals surface area (Å²) in [6, 6.07) is 7.22. The van der Waals surface area contributed by atoms with Gasteiger partial charge in [-0.3, -0.25) is 9.44 Å². The second-order valence-corrected chi connectivity index (χ2v) is 11.9. The van der Waals surface area contributed by atoms with E-state index >= 15 is 0 Å². The summed E-state index contributed by atoms with van der Waals surface area (Å²) in [6.45, 7) is 0. The van der Waals surface area contributed by atoms with Crippen LogP contribution in [-0.2, 0) is 20.0 Å². The van der Waals surface area contributed by atoms with Crippen LogP contribution in [0.15, 0.2) is 50.9 Å². The van der Waals surface area contributed by atoms with Gasteiger partial charge in [-0.25, -0.2) is 16.8 Å². The largest absolute Gasteiger partial charge is 0.505 e. The second-order valence-electron chi connectivity index (χ2n) is 5.69. The lowest BCUT2D eigenvalue weighted by molar-refractivity contribution is 0.475. The number of aromatic hydroxyl groups is 1. The predicted molar refractivity (Wildman–Crippen MR) is 121 cm³/mol. The minimum absolute atomic E-state index is 0.000725. The van der Waals surface area contributed by atoms with Gasteiger partial charge in [0.1, 0.15) is 4.21 Å². The number of hydrogen-bond donors (Lipinski definition) is 3. The van der Waals surface area contributed by atoms with Crippen LogP contribution in [0.3, 0.4) is 0 Å². The maximum atomic E-state index is 12.8. The van der Waals surface area contributed by atoms with Crippen LogP contribution < -0.4 is 9.44 Å². The molecule has 0 amide bonds. The predicted octanol–water partition coefficient (Wildman–Crippen LogP) is 5.67. The van der Waals surface area contributed by atoms with Crippen molar-refractivity contribution in [2.24, 2.45) is 0 Å². The summed E-state index contributed by atoms with van der Waals surface area (Å²) in [5.74, 6) is -0.476. The third-order valence-electron chi connectivity index (χ3n) is 3.61. The van der Waals surface area contributed by atoms with Crippen LogP contribution in [0, 0.1) is 0 Å². The standard InChI is InChI=1S/C16H10Cl4N2O5S3/c17-9-6-13(21-29(24,25)8-4-11(19)16(23)12(20)5-8)14(7-10(9)18)22-30(26,27)15-2-1-3-28-15/h1-7,21-23H. The molecule has 1 aromatic heterocycles. The van der Waals surface area contributed by atoms with E-state index in [1.165, 1.54) is 12.1 Å². The number of phenolic OH excluding ortho intramolecular Hbond substituents is 1. The third kappa shape index (κ3) is 4.91. The van der Waals surface area contributed by atoms with Crippen LogP contribution >= 0.6 is 57.7 Å². The van der Waals surface area contributed by atoms with Crippen molar-refractivity contribution < 1.29 is 21.9 Å². The number of phenols is 1. The molecule has 0 fully saturated rings. The molecule has 0 aliphatic heterocycles. The summed E-state index contributed by atoms with van der Waals surface area (Å²) in [5, 5.41) is 10.6. The average Bonchev–Trinajstić information content (AvgIpc) is 3.19. The number of benzene rings is 2. The first-order valence-corrected chi connectivity index (χ1v) is 13.0. The van der Waals surface area contributed by atoms with Crippen LogP contribution in [0.2, 0.25) is 20.1 Å². The normalized spacial score (nSPS) is 12.0. The zero-order valence-corrected chi connectivity index (χ0v) is 19.8. The first kappa shape index (κ1) is 23.3. The third-order valence-corrected chi connectivity index (χ3v) is 9.02. The molecule has 0 saturated heterocycles. The van der Waals surface area contributed by atoms with Crippen molar-refractivity contribution in [3.63, 3.8) is 0 Å². The van der Waals surface area contributed by atoms with E-state index in [1.807, 2.05) is 0 Å². The summed E-state index contributed by atoms with van der Waals surface area (Å²) < 4.78 is 55.2. The fourth-order valence-electron chi connectivity index (χ4n) is 2.23. The Labute approximate surface area is 196 Å². The quantitative estimate of drug-likeness (QED) is 0.368. The van der Waals surface area contributed by atoms with E-state index in [4.69, 9.17) is 46.4 Å². The summed E-state index contributed by atoms with van der Waals surface area (Å²) in [6.07, 6.45) is 0. The number of rotatable bonds is 6. The molecule has 0 atom stereocenters. The molecule has 160 valence electrons. The Balaban J connectivity index is 2.05. The van der Waals surface area contributed by atoms with Gasteiger partial charge in [0.05, 0.1) is 36.4 Å². The van der Waals surface area contributed by atoms with E-state index in [2.05, 4.69) is 9.44 Å². The SMILES string of the molecule is O=S(=O)(Nc1cc(Cl)c(Cl)cc1NS(=O)(=O)c1cccs1)c1cc(Cl)c(O)c(Cl)c1. The van der Waals surface area contributed by atoms with E-state index in [0.29, 0.717) is 0 Å². The fraction of sp³-hybridized carbons (Fsp3) is 0. The Morgan fingerprint density at radius 2 is 1.27 bits per heavy atom. The van der Waals surface area contributed by atoms with E-state index in [-0.39, 0.29) is 40.6 Å². The fourth-order valence-corrected chi connectivity index (χ4v) is 6.36. The first-order valence-electron chi connectivity index (χ1n) is 7.67. The number of nitrogens with one attached hydrogen (secondary N) is 2. The lowest BCUT2D eigenvalue weighted by Crippen LogP contribution is -2.17. The highest BCUT2D eigenvalue weighted by atomic mass is 35.5. The monoisotopic (exact) mass is 546 g/mol. The molecule has 2 aromatic carbocycles. The zero-order valence-electron chi connectivity index (χ0n) is 14.4. The van der Waals surface area contributed by atoms with Crippen LogP contribution in [0.4, 0.5) is 11.4 Å². The van der Waals surface area contributed by atoms with Crippen molar-refractivity contribution in [3.8, 4) is 5.75 Å². The molecule has 3 aromatic rings.